The van der Waals surface area contributed by atoms with E-state index in [2.05, 4.69) is 4.90 Å². The summed E-state index contributed by atoms with van der Waals surface area (Å²) in [5.41, 5.74) is 4.96. The number of nitrogens with two attached hydrogens (primary N) is 1. The second-order valence-corrected chi connectivity index (χ2v) is 6.57. The Hall–Kier alpha value is -1.10. The smallest absolute Gasteiger partial charge is 0.240 e. The highest BCUT2D eigenvalue weighted by Gasteiger charge is 2.46. The number of rotatable bonds is 3. The number of amides is 2. The molecule has 0 aliphatic carbocycles. The van der Waals surface area contributed by atoms with Crippen molar-refractivity contribution in [1.29, 1.82) is 0 Å². The number of primary amides is 1. The minimum Gasteiger partial charge on any atom is -0.368 e. The second-order valence-electron chi connectivity index (χ2n) is 6.57. The molecule has 2 aliphatic heterocycles. The summed E-state index contributed by atoms with van der Waals surface area (Å²) in [4.78, 5) is 28.6. The third kappa shape index (κ3) is 2.55. The molecule has 0 radical (unpaired) electrons. The van der Waals surface area contributed by atoms with Crippen molar-refractivity contribution in [3.05, 3.63) is 0 Å². The van der Waals surface area contributed by atoms with Crippen molar-refractivity contribution in [3.8, 4) is 0 Å². The lowest BCUT2D eigenvalue weighted by Crippen LogP contribution is -2.65. The van der Waals surface area contributed by atoms with Crippen LogP contribution in [0.4, 0.5) is 0 Å². The molecule has 2 unspecified atom stereocenters. The van der Waals surface area contributed by atoms with Gasteiger partial charge in [-0.25, -0.2) is 0 Å². The molecular weight excluding hydrogens is 254 g/mol. The zero-order chi connectivity index (χ0) is 14.9. The normalized spacial score (nSPS) is 32.7. The summed E-state index contributed by atoms with van der Waals surface area (Å²) in [6.07, 6.45) is 4.64. The number of nitrogens with zero attached hydrogens (tertiary/aromatic N) is 2. The van der Waals surface area contributed by atoms with Crippen molar-refractivity contribution in [1.82, 2.24) is 9.80 Å². The van der Waals surface area contributed by atoms with Gasteiger partial charge in [-0.3, -0.25) is 14.5 Å². The fourth-order valence-corrected chi connectivity index (χ4v) is 3.59. The van der Waals surface area contributed by atoms with Gasteiger partial charge in [-0.2, -0.15) is 0 Å². The molecule has 2 fully saturated rings. The number of likely N-dealkylation sites (tertiary alicyclic amines) is 2. The van der Waals surface area contributed by atoms with Crippen LogP contribution in [0.5, 0.6) is 0 Å². The first-order valence-electron chi connectivity index (χ1n) is 7.75. The van der Waals surface area contributed by atoms with Gasteiger partial charge in [0, 0.05) is 12.6 Å². The Morgan fingerprint density at radius 3 is 2.60 bits per heavy atom. The van der Waals surface area contributed by atoms with E-state index in [0.29, 0.717) is 0 Å². The van der Waals surface area contributed by atoms with Gasteiger partial charge in [-0.15, -0.1) is 0 Å². The Balaban J connectivity index is 2.23. The van der Waals surface area contributed by atoms with Gasteiger partial charge in [0.2, 0.25) is 11.8 Å². The molecule has 2 rings (SSSR count). The van der Waals surface area contributed by atoms with E-state index >= 15 is 0 Å². The van der Waals surface area contributed by atoms with Gasteiger partial charge in [-0.05, 0) is 59.4 Å². The predicted octanol–water partition coefficient (Wildman–Crippen LogP) is 1.12. The Morgan fingerprint density at radius 1 is 1.30 bits per heavy atom. The molecule has 2 heterocycles. The highest BCUT2D eigenvalue weighted by Crippen LogP contribution is 2.33. The van der Waals surface area contributed by atoms with Crippen LogP contribution >= 0.6 is 0 Å². The number of piperidine rings is 2. The maximum absolute atomic E-state index is 12.7. The van der Waals surface area contributed by atoms with Gasteiger partial charge in [0.25, 0.3) is 0 Å². The molecule has 0 aromatic carbocycles. The average molecular weight is 281 g/mol. The van der Waals surface area contributed by atoms with Gasteiger partial charge >= 0.3 is 0 Å². The van der Waals surface area contributed by atoms with Crippen molar-refractivity contribution in [2.24, 2.45) is 5.73 Å². The van der Waals surface area contributed by atoms with Gasteiger partial charge in [0.15, 0.2) is 0 Å². The number of carbonyl (C=O) groups is 2. The van der Waals surface area contributed by atoms with Crippen LogP contribution in [0.1, 0.15) is 52.9 Å². The first-order chi connectivity index (χ1) is 9.38. The molecule has 5 nitrogen and oxygen atoms in total. The van der Waals surface area contributed by atoms with E-state index in [-0.39, 0.29) is 23.9 Å². The van der Waals surface area contributed by atoms with E-state index in [9.17, 15) is 9.59 Å². The van der Waals surface area contributed by atoms with Crippen molar-refractivity contribution in [2.75, 3.05) is 13.1 Å². The minimum absolute atomic E-state index is 0.167. The van der Waals surface area contributed by atoms with Gasteiger partial charge < -0.3 is 10.6 Å². The lowest BCUT2D eigenvalue weighted by Gasteiger charge is -2.49. The van der Waals surface area contributed by atoms with Crippen molar-refractivity contribution in [3.63, 3.8) is 0 Å². The molecule has 20 heavy (non-hydrogen) atoms. The molecule has 2 saturated heterocycles. The van der Waals surface area contributed by atoms with Crippen LogP contribution in [0.25, 0.3) is 0 Å². The van der Waals surface area contributed by atoms with Gasteiger partial charge in [-0.1, -0.05) is 0 Å². The van der Waals surface area contributed by atoms with Crippen molar-refractivity contribution in [2.45, 2.75) is 70.5 Å². The minimum atomic E-state index is -0.668. The first-order valence-corrected chi connectivity index (χ1v) is 7.75. The van der Waals surface area contributed by atoms with Crippen LogP contribution in [-0.2, 0) is 9.59 Å². The number of hydrogen-bond donors (Lipinski definition) is 1. The monoisotopic (exact) mass is 281 g/mol. The Bertz CT molecular complexity index is 397. The fourth-order valence-electron chi connectivity index (χ4n) is 3.59. The number of carbonyl (C=O) groups excluding carboxylic acids is 2. The van der Waals surface area contributed by atoms with Crippen LogP contribution < -0.4 is 5.73 Å². The molecule has 2 N–H and O–H groups in total. The third-order valence-electron chi connectivity index (χ3n) is 4.92. The maximum Gasteiger partial charge on any atom is 0.240 e. The quantitative estimate of drug-likeness (QED) is 0.843. The number of hydrogen-bond acceptors (Lipinski definition) is 3. The molecule has 0 saturated carbocycles. The summed E-state index contributed by atoms with van der Waals surface area (Å²) >= 11 is 0. The van der Waals surface area contributed by atoms with E-state index in [1.165, 1.54) is 0 Å². The van der Waals surface area contributed by atoms with E-state index in [1.807, 2.05) is 25.7 Å². The van der Waals surface area contributed by atoms with Gasteiger partial charge in [0.05, 0.1) is 11.6 Å². The van der Waals surface area contributed by atoms with Crippen LogP contribution in [0.2, 0.25) is 0 Å². The summed E-state index contributed by atoms with van der Waals surface area (Å²) in [7, 11) is 0. The van der Waals surface area contributed by atoms with E-state index in [1.54, 1.807) is 0 Å². The van der Waals surface area contributed by atoms with Crippen LogP contribution in [0, 0.1) is 0 Å². The lowest BCUT2D eigenvalue weighted by molar-refractivity contribution is -0.150. The highest BCUT2D eigenvalue weighted by molar-refractivity contribution is 5.87. The fraction of sp³-hybridized carbons (Fsp3) is 0.867. The summed E-state index contributed by atoms with van der Waals surface area (Å²) in [5, 5.41) is 0. The second kappa shape index (κ2) is 5.72. The SMILES string of the molecule is CC(C)N1CCCC(N2CCCCC2(C)C(N)=O)C1=O. The van der Waals surface area contributed by atoms with Crippen molar-refractivity contribution < 1.29 is 9.59 Å². The predicted molar refractivity (Wildman–Crippen MR) is 78.0 cm³/mol. The average Bonchev–Trinajstić information content (AvgIpc) is 2.39. The molecular formula is C15H27N3O2. The Kier molecular flexibility index (Phi) is 4.37. The molecule has 2 aliphatic rings. The third-order valence-corrected chi connectivity index (χ3v) is 4.92. The topological polar surface area (TPSA) is 66.6 Å². The Labute approximate surface area is 121 Å². The van der Waals surface area contributed by atoms with E-state index < -0.39 is 5.54 Å². The molecule has 2 amide bonds. The molecule has 0 bridgehead atoms. The summed E-state index contributed by atoms with van der Waals surface area (Å²) < 4.78 is 0. The molecule has 5 heteroatoms. The van der Waals surface area contributed by atoms with Crippen molar-refractivity contribution >= 4 is 11.8 Å². The van der Waals surface area contributed by atoms with Crippen LogP contribution in [0.15, 0.2) is 0 Å². The molecule has 0 aromatic rings. The first kappa shape index (κ1) is 15.3. The summed E-state index contributed by atoms with van der Waals surface area (Å²) in [6, 6.07) is 0.0406. The van der Waals surface area contributed by atoms with E-state index in [4.69, 9.17) is 5.73 Å². The van der Waals surface area contributed by atoms with Gasteiger partial charge in [0.1, 0.15) is 0 Å². The van der Waals surface area contributed by atoms with Crippen LogP contribution in [-0.4, -0.2) is 52.3 Å². The molecule has 0 aromatic heterocycles. The standard InChI is InChI=1S/C15H27N3O2/c1-11(2)17-9-6-7-12(13(17)19)18-10-5-4-8-15(18,3)14(16)20/h11-12H,4-10H2,1-3H3,(H2,16,20). The zero-order valence-electron chi connectivity index (χ0n) is 12.9. The lowest BCUT2D eigenvalue weighted by atomic mass is 9.84. The molecule has 2 atom stereocenters. The highest BCUT2D eigenvalue weighted by atomic mass is 16.2. The maximum atomic E-state index is 12.7. The largest absolute Gasteiger partial charge is 0.368 e. The molecule has 114 valence electrons. The van der Waals surface area contributed by atoms with E-state index in [0.717, 1.165) is 45.2 Å². The zero-order valence-corrected chi connectivity index (χ0v) is 12.9. The molecule has 0 spiro atoms. The summed E-state index contributed by atoms with van der Waals surface area (Å²) in [5.74, 6) is -0.132. The van der Waals surface area contributed by atoms with Crippen LogP contribution in [0.3, 0.4) is 0 Å². The summed E-state index contributed by atoms with van der Waals surface area (Å²) in [6.45, 7) is 7.61. The Morgan fingerprint density at radius 2 is 2.00 bits per heavy atom.